The highest BCUT2D eigenvalue weighted by atomic mass is 31.2. The molecule has 0 spiro atoms. The molecule has 0 aromatic heterocycles. The molecule has 0 bridgehead atoms. The van der Waals surface area contributed by atoms with Crippen LogP contribution >= 0.6 is 7.82 Å². The van der Waals surface area contributed by atoms with E-state index in [0.29, 0.717) is 17.4 Å². The van der Waals surface area contributed by atoms with Gasteiger partial charge in [0, 0.05) is 6.42 Å². The Bertz CT molecular complexity index is 1270. The SMILES string of the molecule is CCCCCCC/C=C\C/C=C\CCCCCCCCCCCCCCCCCCCCCC(=O)NC(COP(=O)([O-])OCC[N+](C)(C)C)C(O)/C=C/CCCCCCCCCCCCCCCCCCC. The first-order valence-electron chi connectivity index (χ1n) is 31.4. The first-order chi connectivity index (χ1) is 35.0. The van der Waals surface area contributed by atoms with Gasteiger partial charge < -0.3 is 28.8 Å². The molecule has 0 aliphatic heterocycles. The van der Waals surface area contributed by atoms with Crippen LogP contribution in [-0.2, 0) is 18.4 Å². The Labute approximate surface area is 448 Å². The number of phosphoric ester groups is 1. The van der Waals surface area contributed by atoms with E-state index in [0.717, 1.165) is 44.9 Å². The second kappa shape index (κ2) is 54.5. The number of nitrogens with zero attached hydrogens (tertiary/aromatic N) is 1. The van der Waals surface area contributed by atoms with Crippen LogP contribution in [0, 0.1) is 0 Å². The number of amides is 1. The molecule has 0 aromatic rings. The molecule has 0 fully saturated rings. The van der Waals surface area contributed by atoms with Gasteiger partial charge in [0.1, 0.15) is 13.2 Å². The summed E-state index contributed by atoms with van der Waals surface area (Å²) in [5, 5.41) is 13.9. The van der Waals surface area contributed by atoms with Crippen molar-refractivity contribution in [1.29, 1.82) is 0 Å². The minimum atomic E-state index is -4.60. The fourth-order valence-corrected chi connectivity index (χ4v) is 10.1. The average molecular weight is 1040 g/mol. The number of quaternary nitrogens is 1. The van der Waals surface area contributed by atoms with Gasteiger partial charge in [0.25, 0.3) is 7.82 Å². The summed E-state index contributed by atoms with van der Waals surface area (Å²) in [6.45, 7) is 4.68. The molecule has 9 heteroatoms. The molecule has 0 rings (SSSR count). The molecule has 0 saturated carbocycles. The molecule has 0 aromatic carbocycles. The van der Waals surface area contributed by atoms with Crippen molar-refractivity contribution < 1.29 is 32.9 Å². The van der Waals surface area contributed by atoms with Crippen LogP contribution in [-0.4, -0.2) is 68.5 Å². The van der Waals surface area contributed by atoms with Crippen molar-refractivity contribution in [3.8, 4) is 0 Å². The zero-order valence-corrected chi connectivity index (χ0v) is 49.5. The number of nitrogens with one attached hydrogen (secondary N) is 1. The fourth-order valence-electron chi connectivity index (χ4n) is 9.42. The first-order valence-corrected chi connectivity index (χ1v) is 32.8. The van der Waals surface area contributed by atoms with Crippen LogP contribution in [0.2, 0.25) is 0 Å². The summed E-state index contributed by atoms with van der Waals surface area (Å²) in [7, 11) is 1.27. The molecule has 0 saturated heterocycles. The number of carbonyl (C=O) groups excluding carboxylic acids is 1. The van der Waals surface area contributed by atoms with E-state index in [4.69, 9.17) is 9.05 Å². The summed E-state index contributed by atoms with van der Waals surface area (Å²) < 4.78 is 23.4. The Balaban J connectivity index is 4.07. The average Bonchev–Trinajstić information content (AvgIpc) is 3.34. The number of hydrogen-bond acceptors (Lipinski definition) is 6. The third-order valence-electron chi connectivity index (χ3n) is 14.3. The molecular weight excluding hydrogens is 912 g/mol. The smallest absolute Gasteiger partial charge is 0.268 e. The minimum Gasteiger partial charge on any atom is -0.756 e. The van der Waals surface area contributed by atoms with E-state index in [2.05, 4.69) is 43.5 Å². The lowest BCUT2D eigenvalue weighted by Gasteiger charge is -2.29. The van der Waals surface area contributed by atoms with Crippen molar-refractivity contribution in [1.82, 2.24) is 5.32 Å². The van der Waals surface area contributed by atoms with Gasteiger partial charge in [-0.1, -0.05) is 288 Å². The second-order valence-electron chi connectivity index (χ2n) is 22.8. The van der Waals surface area contributed by atoms with Gasteiger partial charge in [-0.25, -0.2) is 0 Å². The molecule has 0 aliphatic carbocycles. The Morgan fingerprint density at radius 3 is 1.15 bits per heavy atom. The van der Waals surface area contributed by atoms with Gasteiger partial charge in [0.15, 0.2) is 0 Å². The van der Waals surface area contributed by atoms with E-state index in [1.807, 2.05) is 27.2 Å². The second-order valence-corrected chi connectivity index (χ2v) is 24.2. The lowest BCUT2D eigenvalue weighted by molar-refractivity contribution is -0.870. The van der Waals surface area contributed by atoms with Crippen LogP contribution in [0.15, 0.2) is 36.5 Å². The fraction of sp³-hybridized carbons (Fsp3) is 0.889. The summed E-state index contributed by atoms with van der Waals surface area (Å²) in [6, 6.07) is -0.885. The maximum atomic E-state index is 13.0. The van der Waals surface area contributed by atoms with Crippen LogP contribution in [0.25, 0.3) is 0 Å². The van der Waals surface area contributed by atoms with Crippen molar-refractivity contribution in [3.63, 3.8) is 0 Å². The molecular formula is C63H123N2O6P. The largest absolute Gasteiger partial charge is 0.756 e. The highest BCUT2D eigenvalue weighted by molar-refractivity contribution is 7.45. The Morgan fingerprint density at radius 2 is 0.806 bits per heavy atom. The third kappa shape index (κ3) is 56.4. The van der Waals surface area contributed by atoms with Gasteiger partial charge in [-0.15, -0.1) is 0 Å². The van der Waals surface area contributed by atoms with Crippen molar-refractivity contribution in [3.05, 3.63) is 36.5 Å². The van der Waals surface area contributed by atoms with E-state index >= 15 is 0 Å². The Kier molecular flexibility index (Phi) is 53.5. The zero-order valence-electron chi connectivity index (χ0n) is 48.6. The number of aliphatic hydroxyl groups excluding tert-OH is 1. The van der Waals surface area contributed by atoms with Crippen LogP contribution < -0.4 is 10.2 Å². The number of rotatable bonds is 58. The third-order valence-corrected chi connectivity index (χ3v) is 15.3. The summed E-state index contributed by atoms with van der Waals surface area (Å²) in [5.41, 5.74) is 0. The highest BCUT2D eigenvalue weighted by Gasteiger charge is 2.23. The molecule has 2 N–H and O–H groups in total. The number of aliphatic hydroxyl groups is 1. The summed E-state index contributed by atoms with van der Waals surface area (Å²) in [6.07, 6.45) is 70.9. The monoisotopic (exact) mass is 1030 g/mol. The van der Waals surface area contributed by atoms with Crippen molar-refractivity contribution in [2.24, 2.45) is 0 Å². The normalized spacial score (nSPS) is 14.0. The van der Waals surface area contributed by atoms with Crippen LogP contribution in [0.4, 0.5) is 0 Å². The lowest BCUT2D eigenvalue weighted by atomic mass is 10.0. The Hall–Kier alpha value is -1.28. The quantitative estimate of drug-likeness (QED) is 0.0272. The van der Waals surface area contributed by atoms with Gasteiger partial charge >= 0.3 is 0 Å². The van der Waals surface area contributed by atoms with E-state index in [-0.39, 0.29) is 19.1 Å². The van der Waals surface area contributed by atoms with Gasteiger partial charge in [-0.2, -0.15) is 0 Å². The summed E-state index contributed by atoms with van der Waals surface area (Å²) in [5.74, 6) is -0.192. The molecule has 3 unspecified atom stereocenters. The van der Waals surface area contributed by atoms with Crippen molar-refractivity contribution in [2.45, 2.75) is 321 Å². The maximum Gasteiger partial charge on any atom is 0.268 e. The summed E-state index contributed by atoms with van der Waals surface area (Å²) >= 11 is 0. The summed E-state index contributed by atoms with van der Waals surface area (Å²) in [4.78, 5) is 25.5. The number of phosphoric acid groups is 1. The van der Waals surface area contributed by atoms with Gasteiger partial charge in [-0.05, 0) is 51.4 Å². The maximum absolute atomic E-state index is 13.0. The molecule has 1 amide bonds. The predicted molar refractivity (Wildman–Crippen MR) is 311 cm³/mol. The van der Waals surface area contributed by atoms with Gasteiger partial charge in [-0.3, -0.25) is 9.36 Å². The van der Waals surface area contributed by atoms with Crippen molar-refractivity contribution >= 4 is 13.7 Å². The van der Waals surface area contributed by atoms with E-state index in [1.54, 1.807) is 6.08 Å². The molecule has 8 nitrogen and oxygen atoms in total. The van der Waals surface area contributed by atoms with Gasteiger partial charge in [0.2, 0.25) is 5.91 Å². The topological polar surface area (TPSA) is 108 Å². The molecule has 0 heterocycles. The van der Waals surface area contributed by atoms with E-state index in [9.17, 15) is 19.4 Å². The van der Waals surface area contributed by atoms with E-state index < -0.39 is 20.0 Å². The molecule has 0 radical (unpaired) electrons. The molecule has 0 aliphatic rings. The van der Waals surface area contributed by atoms with Crippen LogP contribution in [0.1, 0.15) is 309 Å². The highest BCUT2D eigenvalue weighted by Crippen LogP contribution is 2.38. The Morgan fingerprint density at radius 1 is 0.486 bits per heavy atom. The van der Waals surface area contributed by atoms with Crippen LogP contribution in [0.5, 0.6) is 0 Å². The number of carbonyl (C=O) groups is 1. The zero-order chi connectivity index (χ0) is 52.7. The van der Waals surface area contributed by atoms with Gasteiger partial charge in [0.05, 0.1) is 39.9 Å². The number of hydrogen-bond donors (Lipinski definition) is 2. The van der Waals surface area contributed by atoms with Crippen LogP contribution in [0.3, 0.4) is 0 Å². The number of likely N-dealkylation sites (N-methyl/N-ethyl adjacent to an activating group) is 1. The van der Waals surface area contributed by atoms with E-state index in [1.165, 1.54) is 244 Å². The molecule has 72 heavy (non-hydrogen) atoms. The standard InChI is InChI=1S/C63H123N2O6P/c1-6-8-10-12-14-16-18-20-22-24-26-27-28-29-30-31-32-33-34-35-36-37-39-41-43-45-47-49-51-53-55-57-63(67)64-61(60-71-72(68,69)70-59-58-65(3,4)5)62(66)56-54-52-50-48-46-44-42-40-38-25-23-21-19-17-15-13-11-9-7-2/h18,20,24,26,54,56,61-62,66H,6-17,19,21-23,25,27-53,55,57-60H2,1-5H3,(H-,64,67,68,69)/b20-18-,26-24-,56-54+. The van der Waals surface area contributed by atoms with Crippen molar-refractivity contribution in [2.75, 3.05) is 40.9 Å². The molecule has 426 valence electrons. The first kappa shape index (κ1) is 70.7. The lowest BCUT2D eigenvalue weighted by Crippen LogP contribution is -2.45. The molecule has 3 atom stereocenters. The number of allylic oxidation sites excluding steroid dienone is 5. The minimum absolute atomic E-state index is 0.000827. The number of unbranched alkanes of at least 4 members (excludes halogenated alkanes) is 41. The predicted octanol–water partition coefficient (Wildman–Crippen LogP) is 18.7.